The highest BCUT2D eigenvalue weighted by molar-refractivity contribution is 6.06. The van der Waals surface area contributed by atoms with Gasteiger partial charge < -0.3 is 30.1 Å². The summed E-state index contributed by atoms with van der Waals surface area (Å²) in [6.45, 7) is 6.59. The zero-order valence-electron chi connectivity index (χ0n) is 23.5. The van der Waals surface area contributed by atoms with Crippen LogP contribution in [0.25, 0.3) is 0 Å². The van der Waals surface area contributed by atoms with Crippen molar-refractivity contribution in [2.45, 2.75) is 26.4 Å². The molecule has 210 valence electrons. The van der Waals surface area contributed by atoms with Gasteiger partial charge in [0.25, 0.3) is 11.8 Å². The van der Waals surface area contributed by atoms with Gasteiger partial charge in [0, 0.05) is 62.8 Å². The van der Waals surface area contributed by atoms with Gasteiger partial charge in [0.1, 0.15) is 5.75 Å². The smallest absolute Gasteiger partial charge is 0.317 e. The molecule has 1 heterocycles. The summed E-state index contributed by atoms with van der Waals surface area (Å²) >= 11 is 0. The van der Waals surface area contributed by atoms with Crippen LogP contribution in [0.15, 0.2) is 72.8 Å². The van der Waals surface area contributed by atoms with Crippen LogP contribution in [0, 0.1) is 0 Å². The molecule has 3 aromatic carbocycles. The standard InChI is InChI=1S/C31H37N5O4/c1-22(2)32-31(39)36-18-16-35(17-19-36)28-15-12-25(33-29(37)24-10-13-26(40-4)14-11-24)20-27(28)30(38)34(3)21-23-8-6-5-7-9-23/h5-15,20,22H,16-19,21H2,1-4H3,(H,32,39)(H,33,37). The topological polar surface area (TPSA) is 94.2 Å². The first kappa shape index (κ1) is 28.5. The van der Waals surface area contributed by atoms with E-state index < -0.39 is 0 Å². The molecule has 0 radical (unpaired) electrons. The number of anilines is 2. The Labute approximate surface area is 235 Å². The van der Waals surface area contributed by atoms with Crippen LogP contribution in [0.1, 0.15) is 40.1 Å². The lowest BCUT2D eigenvalue weighted by molar-refractivity contribution is 0.0785. The fourth-order valence-electron chi connectivity index (χ4n) is 4.63. The molecule has 9 nitrogen and oxygen atoms in total. The summed E-state index contributed by atoms with van der Waals surface area (Å²) < 4.78 is 5.18. The Balaban J connectivity index is 1.56. The van der Waals surface area contributed by atoms with Crippen LogP contribution in [0.5, 0.6) is 5.75 Å². The van der Waals surface area contributed by atoms with Gasteiger partial charge in [-0.3, -0.25) is 9.59 Å². The Morgan fingerprint density at radius 1 is 0.925 bits per heavy atom. The largest absolute Gasteiger partial charge is 0.497 e. The zero-order valence-corrected chi connectivity index (χ0v) is 23.5. The fourth-order valence-corrected chi connectivity index (χ4v) is 4.63. The van der Waals surface area contributed by atoms with Gasteiger partial charge >= 0.3 is 6.03 Å². The van der Waals surface area contributed by atoms with Gasteiger partial charge in [-0.15, -0.1) is 0 Å². The second-order valence-electron chi connectivity index (χ2n) is 10.1. The van der Waals surface area contributed by atoms with Gasteiger partial charge in [-0.05, 0) is 61.9 Å². The molecule has 0 unspecified atom stereocenters. The lowest BCUT2D eigenvalue weighted by Gasteiger charge is -2.37. The van der Waals surface area contributed by atoms with Crippen molar-refractivity contribution in [3.8, 4) is 5.75 Å². The van der Waals surface area contributed by atoms with E-state index >= 15 is 0 Å². The maximum absolute atomic E-state index is 13.8. The van der Waals surface area contributed by atoms with Crippen LogP contribution >= 0.6 is 0 Å². The van der Waals surface area contributed by atoms with E-state index in [0.29, 0.717) is 55.3 Å². The molecule has 0 spiro atoms. The highest BCUT2D eigenvalue weighted by Crippen LogP contribution is 2.28. The van der Waals surface area contributed by atoms with Crippen molar-refractivity contribution in [2.24, 2.45) is 0 Å². The third kappa shape index (κ3) is 7.11. The summed E-state index contributed by atoms with van der Waals surface area (Å²) in [7, 11) is 3.35. The van der Waals surface area contributed by atoms with Gasteiger partial charge in [-0.1, -0.05) is 30.3 Å². The Kier molecular flexibility index (Phi) is 9.27. The first-order valence-electron chi connectivity index (χ1n) is 13.4. The Morgan fingerprint density at radius 3 is 2.23 bits per heavy atom. The number of methoxy groups -OCH3 is 1. The minimum absolute atomic E-state index is 0.0653. The molecule has 1 aliphatic heterocycles. The molecule has 0 aromatic heterocycles. The number of ether oxygens (including phenoxy) is 1. The number of carbonyl (C=O) groups excluding carboxylic acids is 3. The molecule has 40 heavy (non-hydrogen) atoms. The van der Waals surface area contributed by atoms with Crippen LogP contribution in [-0.2, 0) is 6.54 Å². The van der Waals surface area contributed by atoms with E-state index in [-0.39, 0.29) is 23.9 Å². The monoisotopic (exact) mass is 543 g/mol. The number of hydrogen-bond acceptors (Lipinski definition) is 5. The lowest BCUT2D eigenvalue weighted by Crippen LogP contribution is -2.53. The van der Waals surface area contributed by atoms with Crippen LogP contribution in [0.4, 0.5) is 16.2 Å². The quantitative estimate of drug-likeness (QED) is 0.438. The average Bonchev–Trinajstić information content (AvgIpc) is 2.97. The van der Waals surface area contributed by atoms with Gasteiger partial charge in [0.2, 0.25) is 0 Å². The van der Waals surface area contributed by atoms with Crippen LogP contribution in [0.3, 0.4) is 0 Å². The van der Waals surface area contributed by atoms with E-state index in [2.05, 4.69) is 15.5 Å². The third-order valence-corrected chi connectivity index (χ3v) is 6.77. The minimum Gasteiger partial charge on any atom is -0.497 e. The lowest BCUT2D eigenvalue weighted by atomic mass is 10.1. The first-order valence-corrected chi connectivity index (χ1v) is 13.4. The molecule has 3 aromatic rings. The second-order valence-corrected chi connectivity index (χ2v) is 10.1. The number of nitrogens with one attached hydrogen (secondary N) is 2. The Bertz CT molecular complexity index is 1320. The molecule has 0 bridgehead atoms. The van der Waals surface area contributed by atoms with Crippen molar-refractivity contribution >= 4 is 29.2 Å². The summed E-state index contributed by atoms with van der Waals surface area (Å²) in [6.07, 6.45) is 0. The van der Waals surface area contributed by atoms with Crippen molar-refractivity contribution in [1.82, 2.24) is 15.1 Å². The molecule has 2 N–H and O–H groups in total. The van der Waals surface area contributed by atoms with Crippen LogP contribution in [-0.4, -0.2) is 74.0 Å². The predicted molar refractivity (Wildman–Crippen MR) is 157 cm³/mol. The van der Waals surface area contributed by atoms with Crippen molar-refractivity contribution in [3.63, 3.8) is 0 Å². The van der Waals surface area contributed by atoms with Gasteiger partial charge in [-0.25, -0.2) is 4.79 Å². The SMILES string of the molecule is COc1ccc(C(=O)Nc2ccc(N3CCN(C(=O)NC(C)C)CC3)c(C(=O)N(C)Cc3ccccc3)c2)cc1. The minimum atomic E-state index is -0.281. The van der Waals surface area contributed by atoms with Crippen molar-refractivity contribution < 1.29 is 19.1 Å². The van der Waals surface area contributed by atoms with Gasteiger partial charge in [0.05, 0.1) is 12.7 Å². The molecule has 4 amide bonds. The Morgan fingerprint density at radius 2 is 1.60 bits per heavy atom. The normalized spacial score (nSPS) is 13.1. The highest BCUT2D eigenvalue weighted by atomic mass is 16.5. The highest BCUT2D eigenvalue weighted by Gasteiger charge is 2.26. The number of carbonyl (C=O) groups is 3. The molecule has 9 heteroatoms. The van der Waals surface area contributed by atoms with Gasteiger partial charge in [0.15, 0.2) is 0 Å². The van der Waals surface area contributed by atoms with Crippen LogP contribution < -0.4 is 20.3 Å². The van der Waals surface area contributed by atoms with E-state index in [1.165, 1.54) is 0 Å². The molecule has 0 saturated carbocycles. The third-order valence-electron chi connectivity index (χ3n) is 6.77. The van der Waals surface area contributed by atoms with E-state index in [0.717, 1.165) is 11.3 Å². The Hall–Kier alpha value is -4.53. The second kappa shape index (κ2) is 13.0. The molecular formula is C31H37N5O4. The number of amides is 4. The average molecular weight is 544 g/mol. The molecule has 0 atom stereocenters. The van der Waals surface area contributed by atoms with Crippen molar-refractivity contribution in [2.75, 3.05) is 50.6 Å². The summed E-state index contributed by atoms with van der Waals surface area (Å²) in [4.78, 5) is 44.8. The zero-order chi connectivity index (χ0) is 28.6. The number of benzene rings is 3. The molecule has 1 fully saturated rings. The first-order chi connectivity index (χ1) is 19.2. The number of hydrogen-bond donors (Lipinski definition) is 2. The number of piperazine rings is 1. The number of urea groups is 1. The van der Waals surface area contributed by atoms with Crippen molar-refractivity contribution in [3.05, 3.63) is 89.5 Å². The predicted octanol–water partition coefficient (Wildman–Crippen LogP) is 4.46. The van der Waals surface area contributed by atoms with E-state index in [1.807, 2.05) is 56.3 Å². The maximum Gasteiger partial charge on any atom is 0.317 e. The van der Waals surface area contributed by atoms with E-state index in [1.54, 1.807) is 54.3 Å². The summed E-state index contributed by atoms with van der Waals surface area (Å²) in [5.74, 6) is 0.229. The molecular weight excluding hydrogens is 506 g/mol. The molecule has 4 rings (SSSR count). The van der Waals surface area contributed by atoms with Crippen LogP contribution in [0.2, 0.25) is 0 Å². The molecule has 0 aliphatic carbocycles. The fraction of sp³-hybridized carbons (Fsp3) is 0.323. The molecule has 1 aliphatic rings. The number of rotatable bonds is 8. The molecule has 1 saturated heterocycles. The van der Waals surface area contributed by atoms with Crippen molar-refractivity contribution in [1.29, 1.82) is 0 Å². The summed E-state index contributed by atoms with van der Waals surface area (Å²) in [6, 6.07) is 22.0. The summed E-state index contributed by atoms with van der Waals surface area (Å²) in [5, 5.41) is 5.86. The maximum atomic E-state index is 13.8. The van der Waals surface area contributed by atoms with E-state index in [4.69, 9.17) is 4.74 Å². The van der Waals surface area contributed by atoms with E-state index in [9.17, 15) is 14.4 Å². The summed E-state index contributed by atoms with van der Waals surface area (Å²) in [5.41, 5.74) is 3.29. The van der Waals surface area contributed by atoms with Gasteiger partial charge in [-0.2, -0.15) is 0 Å². The number of nitrogens with zero attached hydrogens (tertiary/aromatic N) is 3.